The summed E-state index contributed by atoms with van der Waals surface area (Å²) in [6, 6.07) is 15.6. The summed E-state index contributed by atoms with van der Waals surface area (Å²) in [5, 5.41) is 0. The molecule has 0 unspecified atom stereocenters. The monoisotopic (exact) mass is 201 g/mol. The molecule has 1 N–H and O–H groups in total. The van der Waals surface area contributed by atoms with Crippen LogP contribution in [0.25, 0.3) is 0 Å². The summed E-state index contributed by atoms with van der Waals surface area (Å²) < 4.78 is 12.6. The normalized spacial score (nSPS) is 9.67. The minimum atomic E-state index is -0.250. The van der Waals surface area contributed by atoms with E-state index in [0.29, 0.717) is 0 Å². The van der Waals surface area contributed by atoms with Crippen LogP contribution in [0, 0.1) is 5.82 Å². The minimum Gasteiger partial charge on any atom is -0.278 e. The predicted octanol–water partition coefficient (Wildman–Crippen LogP) is 3.09. The van der Waals surface area contributed by atoms with Gasteiger partial charge in [-0.3, -0.25) is 5.43 Å². The first-order valence-corrected chi connectivity index (χ1v) is 4.62. The highest BCUT2D eigenvalue weighted by Crippen LogP contribution is 2.10. The van der Waals surface area contributed by atoms with Gasteiger partial charge in [0, 0.05) is 0 Å². The van der Waals surface area contributed by atoms with Gasteiger partial charge in [0.25, 0.3) is 0 Å². The highest BCUT2D eigenvalue weighted by molar-refractivity contribution is 5.45. The van der Waals surface area contributed by atoms with Crippen molar-refractivity contribution in [2.45, 2.75) is 0 Å². The molecule has 0 aliphatic heterocycles. The molecule has 2 aromatic rings. The van der Waals surface area contributed by atoms with E-state index in [9.17, 15) is 4.39 Å². The molecule has 2 nitrogen and oxygen atoms in total. The standard InChI is InChI=1S/C12H10FN2/c13-10-6-8-12(9-7-10)15-14-11-4-2-1-3-5-11/h1-9,15H. The minimum absolute atomic E-state index is 0.250. The van der Waals surface area contributed by atoms with Gasteiger partial charge in [-0.1, -0.05) is 18.2 Å². The molecule has 0 atom stereocenters. The molecule has 0 spiro atoms. The molecule has 0 saturated carbocycles. The Morgan fingerprint density at radius 2 is 1.53 bits per heavy atom. The zero-order valence-corrected chi connectivity index (χ0v) is 8.02. The van der Waals surface area contributed by atoms with Crippen molar-refractivity contribution >= 4 is 11.4 Å². The average molecular weight is 201 g/mol. The Bertz CT molecular complexity index is 411. The van der Waals surface area contributed by atoms with Crippen LogP contribution in [-0.2, 0) is 0 Å². The largest absolute Gasteiger partial charge is 0.278 e. The van der Waals surface area contributed by atoms with Gasteiger partial charge in [0.05, 0.1) is 11.4 Å². The Balaban J connectivity index is 1.96. The summed E-state index contributed by atoms with van der Waals surface area (Å²) in [6.07, 6.45) is 0. The first-order chi connectivity index (χ1) is 7.34. The van der Waals surface area contributed by atoms with Crippen LogP contribution < -0.4 is 10.9 Å². The molecule has 15 heavy (non-hydrogen) atoms. The van der Waals surface area contributed by atoms with Gasteiger partial charge in [0.2, 0.25) is 0 Å². The number of nitrogens with one attached hydrogen (secondary N) is 1. The molecule has 0 heterocycles. The smallest absolute Gasteiger partial charge is 0.123 e. The number of hydrogen-bond acceptors (Lipinski definition) is 1. The summed E-state index contributed by atoms with van der Waals surface area (Å²) in [5.41, 5.74) is 8.58. The van der Waals surface area contributed by atoms with Gasteiger partial charge < -0.3 is 0 Å². The number of anilines is 1. The molecule has 2 rings (SSSR count). The van der Waals surface area contributed by atoms with Crippen LogP contribution in [0.15, 0.2) is 54.6 Å². The van der Waals surface area contributed by atoms with E-state index in [1.165, 1.54) is 12.1 Å². The van der Waals surface area contributed by atoms with E-state index in [0.717, 1.165) is 11.4 Å². The molecular weight excluding hydrogens is 191 g/mol. The Hall–Kier alpha value is -2.03. The Kier molecular flexibility index (Phi) is 2.83. The van der Waals surface area contributed by atoms with Crippen molar-refractivity contribution in [2.75, 3.05) is 5.43 Å². The van der Waals surface area contributed by atoms with Gasteiger partial charge in [-0.15, -0.1) is 0 Å². The van der Waals surface area contributed by atoms with E-state index in [2.05, 4.69) is 10.9 Å². The molecule has 75 valence electrons. The second-order valence-electron chi connectivity index (χ2n) is 3.07. The summed E-state index contributed by atoms with van der Waals surface area (Å²) >= 11 is 0. The van der Waals surface area contributed by atoms with E-state index in [-0.39, 0.29) is 5.82 Å². The highest BCUT2D eigenvalue weighted by Gasteiger charge is 1.94. The summed E-state index contributed by atoms with van der Waals surface area (Å²) in [4.78, 5) is 0. The third-order valence-corrected chi connectivity index (χ3v) is 1.91. The molecule has 0 amide bonds. The molecule has 3 heteroatoms. The molecular formula is C12H10FN2. The van der Waals surface area contributed by atoms with Crippen LogP contribution >= 0.6 is 0 Å². The number of hydrogen-bond donors (Lipinski definition) is 1. The van der Waals surface area contributed by atoms with Gasteiger partial charge in [-0.05, 0) is 36.4 Å². The maximum Gasteiger partial charge on any atom is 0.123 e. The van der Waals surface area contributed by atoms with Crippen LogP contribution in [0.4, 0.5) is 15.8 Å². The number of rotatable bonds is 3. The number of benzene rings is 2. The topological polar surface area (TPSA) is 26.1 Å². The number of para-hydroxylation sites is 1. The van der Waals surface area contributed by atoms with E-state index < -0.39 is 0 Å². The summed E-state index contributed by atoms with van der Waals surface area (Å²) in [7, 11) is 0. The van der Waals surface area contributed by atoms with Crippen molar-refractivity contribution in [2.24, 2.45) is 0 Å². The van der Waals surface area contributed by atoms with Gasteiger partial charge in [-0.2, -0.15) is 5.43 Å². The first kappa shape index (κ1) is 9.52. The fraction of sp³-hybridized carbons (Fsp3) is 0. The van der Waals surface area contributed by atoms with E-state index in [1.807, 2.05) is 30.3 Å². The molecule has 0 saturated heterocycles. The van der Waals surface area contributed by atoms with Crippen LogP contribution in [0.5, 0.6) is 0 Å². The molecule has 0 fully saturated rings. The first-order valence-electron chi connectivity index (χ1n) is 4.62. The summed E-state index contributed by atoms with van der Waals surface area (Å²) in [5.74, 6) is -0.250. The molecule has 2 aromatic carbocycles. The lowest BCUT2D eigenvalue weighted by Gasteiger charge is -2.05. The van der Waals surface area contributed by atoms with E-state index in [1.54, 1.807) is 12.1 Å². The van der Waals surface area contributed by atoms with Crippen LogP contribution in [0.1, 0.15) is 0 Å². The van der Waals surface area contributed by atoms with Crippen LogP contribution in [-0.4, -0.2) is 0 Å². The van der Waals surface area contributed by atoms with Crippen molar-refractivity contribution < 1.29 is 4.39 Å². The van der Waals surface area contributed by atoms with Crippen molar-refractivity contribution in [3.63, 3.8) is 0 Å². The third kappa shape index (κ3) is 2.71. The SMILES string of the molecule is Fc1ccc(N[N]c2ccccc2)cc1. The maximum atomic E-state index is 12.6. The Morgan fingerprint density at radius 1 is 0.867 bits per heavy atom. The van der Waals surface area contributed by atoms with Gasteiger partial charge >= 0.3 is 0 Å². The second-order valence-corrected chi connectivity index (χ2v) is 3.07. The lowest BCUT2D eigenvalue weighted by molar-refractivity contribution is 0.628. The Labute approximate surface area is 87.7 Å². The van der Waals surface area contributed by atoms with Gasteiger partial charge in [-0.25, -0.2) is 4.39 Å². The lowest BCUT2D eigenvalue weighted by Crippen LogP contribution is -2.06. The van der Waals surface area contributed by atoms with Gasteiger partial charge in [0.1, 0.15) is 5.82 Å². The Morgan fingerprint density at radius 3 is 2.20 bits per heavy atom. The number of halogens is 1. The highest BCUT2D eigenvalue weighted by atomic mass is 19.1. The van der Waals surface area contributed by atoms with Crippen LogP contribution in [0.3, 0.4) is 0 Å². The van der Waals surface area contributed by atoms with Crippen molar-refractivity contribution in [1.29, 1.82) is 0 Å². The molecule has 0 aromatic heterocycles. The zero-order valence-electron chi connectivity index (χ0n) is 8.02. The van der Waals surface area contributed by atoms with Crippen molar-refractivity contribution in [3.8, 4) is 0 Å². The fourth-order valence-corrected chi connectivity index (χ4v) is 1.16. The molecule has 0 aliphatic carbocycles. The molecule has 0 aliphatic rings. The zero-order chi connectivity index (χ0) is 10.5. The summed E-state index contributed by atoms with van der Waals surface area (Å²) in [6.45, 7) is 0. The van der Waals surface area contributed by atoms with Crippen molar-refractivity contribution in [1.82, 2.24) is 5.43 Å². The molecule has 0 bridgehead atoms. The third-order valence-electron chi connectivity index (χ3n) is 1.91. The van der Waals surface area contributed by atoms with Gasteiger partial charge in [0.15, 0.2) is 0 Å². The molecule has 1 radical (unpaired) electrons. The van der Waals surface area contributed by atoms with E-state index in [4.69, 9.17) is 0 Å². The quantitative estimate of drug-likeness (QED) is 0.759. The fourth-order valence-electron chi connectivity index (χ4n) is 1.16. The van der Waals surface area contributed by atoms with Crippen molar-refractivity contribution in [3.05, 3.63) is 60.4 Å². The number of nitrogens with zero attached hydrogens (tertiary/aromatic N) is 1. The van der Waals surface area contributed by atoms with Crippen LogP contribution in [0.2, 0.25) is 0 Å². The second kappa shape index (κ2) is 4.46. The average Bonchev–Trinajstić information content (AvgIpc) is 2.30. The predicted molar refractivity (Wildman–Crippen MR) is 58.3 cm³/mol. The lowest BCUT2D eigenvalue weighted by atomic mass is 10.3. The maximum absolute atomic E-state index is 12.6. The van der Waals surface area contributed by atoms with E-state index >= 15 is 0 Å².